The molecule has 0 bridgehead atoms. The van der Waals surface area contributed by atoms with Gasteiger partial charge in [0.25, 0.3) is 5.91 Å². The number of Topliss-reactive ketones (excluding diaryl/α,β-unsaturated/α-hetero) is 1. The van der Waals surface area contributed by atoms with Crippen molar-refractivity contribution in [3.63, 3.8) is 0 Å². The summed E-state index contributed by atoms with van der Waals surface area (Å²) in [5.74, 6) is 1.48. The average molecular weight is 408 g/mol. The molecule has 0 aliphatic carbocycles. The van der Waals surface area contributed by atoms with Crippen LogP contribution < -0.4 is 9.64 Å². The molecular formula is C21H20N4O3S. The van der Waals surface area contributed by atoms with Crippen LogP contribution in [0.4, 0.5) is 5.69 Å². The fraction of sp³-hybridized carbons (Fsp3) is 0.238. The molecule has 1 aliphatic heterocycles. The lowest BCUT2D eigenvalue weighted by atomic mass is 10.1. The van der Waals surface area contributed by atoms with E-state index in [4.69, 9.17) is 4.74 Å². The number of carbonyl (C=O) groups excluding carboxylic acids is 2. The number of thioether (sulfide) groups is 1. The van der Waals surface area contributed by atoms with E-state index in [2.05, 4.69) is 10.2 Å². The summed E-state index contributed by atoms with van der Waals surface area (Å²) in [7, 11) is 1.85. The average Bonchev–Trinajstić information content (AvgIpc) is 3.12. The Morgan fingerprint density at radius 2 is 1.86 bits per heavy atom. The zero-order chi connectivity index (χ0) is 20.4. The highest BCUT2D eigenvalue weighted by Crippen LogP contribution is 2.37. The summed E-state index contributed by atoms with van der Waals surface area (Å²) in [6, 6.07) is 16.3. The number of nitrogens with zero attached hydrogens (tertiary/aromatic N) is 4. The quantitative estimate of drug-likeness (QED) is 0.460. The van der Waals surface area contributed by atoms with E-state index < -0.39 is 0 Å². The van der Waals surface area contributed by atoms with Gasteiger partial charge in [-0.15, -0.1) is 10.2 Å². The van der Waals surface area contributed by atoms with Crippen molar-refractivity contribution in [2.45, 2.75) is 18.1 Å². The van der Waals surface area contributed by atoms with Crippen molar-refractivity contribution in [2.24, 2.45) is 7.05 Å². The molecule has 0 saturated heterocycles. The Kier molecular flexibility index (Phi) is 5.35. The van der Waals surface area contributed by atoms with Gasteiger partial charge < -0.3 is 9.30 Å². The highest BCUT2D eigenvalue weighted by molar-refractivity contribution is 7.99. The van der Waals surface area contributed by atoms with Crippen LogP contribution in [0.1, 0.15) is 29.1 Å². The van der Waals surface area contributed by atoms with E-state index in [0.29, 0.717) is 28.0 Å². The number of anilines is 1. The van der Waals surface area contributed by atoms with Gasteiger partial charge in [0.2, 0.25) is 0 Å². The molecule has 0 unspecified atom stereocenters. The van der Waals surface area contributed by atoms with Crippen LogP contribution in [0.5, 0.6) is 5.75 Å². The van der Waals surface area contributed by atoms with Gasteiger partial charge in [-0.2, -0.15) is 0 Å². The molecule has 1 amide bonds. The normalized spacial score (nSPS) is 14.3. The molecule has 0 radical (unpaired) electrons. The topological polar surface area (TPSA) is 77.3 Å². The lowest BCUT2D eigenvalue weighted by Crippen LogP contribution is -2.41. The molecule has 0 spiro atoms. The fourth-order valence-corrected chi connectivity index (χ4v) is 4.13. The van der Waals surface area contributed by atoms with Crippen molar-refractivity contribution in [1.29, 1.82) is 0 Å². The summed E-state index contributed by atoms with van der Waals surface area (Å²) in [6.07, 6.45) is 0. The first kappa shape index (κ1) is 19.2. The zero-order valence-corrected chi connectivity index (χ0v) is 16.9. The molecule has 3 aromatic rings. The molecule has 148 valence electrons. The second-order valence-electron chi connectivity index (χ2n) is 6.67. The van der Waals surface area contributed by atoms with E-state index >= 15 is 0 Å². The van der Waals surface area contributed by atoms with E-state index in [-0.39, 0.29) is 30.1 Å². The first-order chi connectivity index (χ1) is 14.1. The molecule has 1 aromatic heterocycles. The minimum Gasteiger partial charge on any atom is -0.482 e. The van der Waals surface area contributed by atoms with Gasteiger partial charge >= 0.3 is 0 Å². The van der Waals surface area contributed by atoms with Gasteiger partial charge in [0, 0.05) is 12.6 Å². The molecule has 0 N–H and O–H groups in total. The smallest absolute Gasteiger partial charge is 0.265 e. The van der Waals surface area contributed by atoms with Crippen molar-refractivity contribution >= 4 is 29.1 Å². The lowest BCUT2D eigenvalue weighted by Gasteiger charge is -2.33. The monoisotopic (exact) mass is 408 g/mol. The molecule has 2 aromatic carbocycles. The van der Waals surface area contributed by atoms with Crippen LogP contribution in [0.3, 0.4) is 0 Å². The zero-order valence-electron chi connectivity index (χ0n) is 16.1. The fourth-order valence-electron chi connectivity index (χ4n) is 3.31. The molecule has 1 aliphatic rings. The van der Waals surface area contributed by atoms with Crippen molar-refractivity contribution in [2.75, 3.05) is 17.3 Å². The largest absolute Gasteiger partial charge is 0.482 e. The number of fused-ring (bicyclic) bond motifs is 1. The van der Waals surface area contributed by atoms with Gasteiger partial charge in [-0.3, -0.25) is 14.5 Å². The van der Waals surface area contributed by atoms with Crippen LogP contribution in [0.2, 0.25) is 0 Å². The third-order valence-corrected chi connectivity index (χ3v) is 5.82. The maximum Gasteiger partial charge on any atom is 0.265 e. The first-order valence-corrected chi connectivity index (χ1v) is 10.2. The van der Waals surface area contributed by atoms with Crippen LogP contribution in [-0.2, 0) is 11.8 Å². The summed E-state index contributed by atoms with van der Waals surface area (Å²) < 4.78 is 7.35. The van der Waals surface area contributed by atoms with Gasteiger partial charge in [-0.1, -0.05) is 54.2 Å². The Morgan fingerprint density at radius 3 is 2.66 bits per heavy atom. The minimum absolute atomic E-state index is 0.00755. The number of ether oxygens (including phenoxy) is 1. The molecule has 8 heteroatoms. The number of hydrogen-bond donors (Lipinski definition) is 0. The van der Waals surface area contributed by atoms with E-state index in [1.54, 1.807) is 17.0 Å². The Balaban J connectivity index is 1.53. The van der Waals surface area contributed by atoms with Gasteiger partial charge in [-0.25, -0.2) is 0 Å². The Bertz CT molecular complexity index is 1050. The van der Waals surface area contributed by atoms with E-state index in [9.17, 15) is 9.59 Å². The standard InChI is InChI=1S/C21H20N4O3S/c1-14(25-16-10-6-7-11-18(16)28-12-19(25)27)20-22-23-21(24(20)2)29-13-17(26)15-8-4-3-5-9-15/h3-11,14H,12-13H2,1-2H3/t14-/m0/s1. The summed E-state index contributed by atoms with van der Waals surface area (Å²) >= 11 is 1.33. The maximum absolute atomic E-state index is 12.6. The first-order valence-electron chi connectivity index (χ1n) is 9.20. The predicted molar refractivity (Wildman–Crippen MR) is 110 cm³/mol. The predicted octanol–water partition coefficient (Wildman–Crippen LogP) is 3.28. The van der Waals surface area contributed by atoms with Crippen molar-refractivity contribution in [1.82, 2.24) is 14.8 Å². The number of benzene rings is 2. The molecule has 29 heavy (non-hydrogen) atoms. The molecule has 0 fully saturated rings. The van der Waals surface area contributed by atoms with Gasteiger partial charge in [0.15, 0.2) is 23.4 Å². The second kappa shape index (κ2) is 8.08. The van der Waals surface area contributed by atoms with Crippen molar-refractivity contribution in [3.8, 4) is 5.75 Å². The van der Waals surface area contributed by atoms with Crippen LogP contribution in [-0.4, -0.2) is 38.8 Å². The van der Waals surface area contributed by atoms with Crippen LogP contribution >= 0.6 is 11.8 Å². The van der Waals surface area contributed by atoms with Crippen LogP contribution in [0.15, 0.2) is 59.8 Å². The van der Waals surface area contributed by atoms with E-state index in [0.717, 1.165) is 0 Å². The number of amides is 1. The number of para-hydroxylation sites is 2. The SMILES string of the molecule is C[C@@H](c1nnc(SCC(=O)c2ccccc2)n1C)N1C(=O)COc2ccccc21. The van der Waals surface area contributed by atoms with Crippen molar-refractivity contribution < 1.29 is 14.3 Å². The number of ketones is 1. The second-order valence-corrected chi connectivity index (χ2v) is 7.62. The van der Waals surface area contributed by atoms with Crippen molar-refractivity contribution in [3.05, 3.63) is 66.0 Å². The van der Waals surface area contributed by atoms with Crippen LogP contribution in [0.25, 0.3) is 0 Å². The van der Waals surface area contributed by atoms with E-state index in [1.165, 1.54) is 11.8 Å². The molecule has 1 atom stereocenters. The third kappa shape index (κ3) is 3.75. The molecule has 4 rings (SSSR count). The van der Waals surface area contributed by atoms with Gasteiger partial charge in [-0.05, 0) is 19.1 Å². The number of hydrogen-bond acceptors (Lipinski definition) is 6. The highest BCUT2D eigenvalue weighted by atomic mass is 32.2. The lowest BCUT2D eigenvalue weighted by molar-refractivity contribution is -0.121. The maximum atomic E-state index is 12.6. The molecule has 0 saturated carbocycles. The van der Waals surface area contributed by atoms with Gasteiger partial charge in [0.1, 0.15) is 5.75 Å². The molecule has 2 heterocycles. The van der Waals surface area contributed by atoms with Gasteiger partial charge in [0.05, 0.1) is 17.5 Å². The number of rotatable bonds is 6. The Morgan fingerprint density at radius 1 is 1.14 bits per heavy atom. The number of carbonyl (C=O) groups is 2. The Hall–Kier alpha value is -3.13. The Labute approximate surface area is 172 Å². The number of aromatic nitrogens is 3. The summed E-state index contributed by atoms with van der Waals surface area (Å²) in [5, 5.41) is 9.16. The third-order valence-electron chi connectivity index (χ3n) is 4.80. The summed E-state index contributed by atoms with van der Waals surface area (Å²) in [6.45, 7) is 1.90. The molecular weight excluding hydrogens is 388 g/mol. The molecule has 7 nitrogen and oxygen atoms in total. The van der Waals surface area contributed by atoms with Crippen LogP contribution in [0, 0.1) is 0 Å². The summed E-state index contributed by atoms with van der Waals surface area (Å²) in [4.78, 5) is 26.6. The van der Waals surface area contributed by atoms with E-state index in [1.807, 2.05) is 61.0 Å². The summed E-state index contributed by atoms with van der Waals surface area (Å²) in [5.41, 5.74) is 1.39. The minimum atomic E-state index is -0.329. The highest BCUT2D eigenvalue weighted by Gasteiger charge is 2.32.